The molecule has 2 rings (SSSR count). The van der Waals surface area contributed by atoms with E-state index in [1.807, 2.05) is 11.8 Å². The largest absolute Gasteiger partial charge is 0.466 e. The number of nitrogens with zero attached hydrogens (tertiary/aromatic N) is 2. The minimum absolute atomic E-state index is 0.00118. The Morgan fingerprint density at radius 1 is 1.12 bits per heavy atom. The third kappa shape index (κ3) is 5.56. The lowest BCUT2D eigenvalue weighted by Gasteiger charge is -2.34. The fraction of sp³-hybridized carbons (Fsp3) is 0.500. The zero-order valence-corrected chi connectivity index (χ0v) is 14.7. The Labute approximate surface area is 148 Å². The number of benzene rings is 1. The third-order valence-corrected chi connectivity index (χ3v) is 4.26. The highest BCUT2D eigenvalue weighted by Gasteiger charge is 2.22. The van der Waals surface area contributed by atoms with Gasteiger partial charge in [0.05, 0.1) is 6.61 Å². The molecular formula is C18H26N4O3. The van der Waals surface area contributed by atoms with Gasteiger partial charge in [-0.05, 0) is 32.0 Å². The first-order valence-corrected chi connectivity index (χ1v) is 8.63. The van der Waals surface area contributed by atoms with Gasteiger partial charge in [0.1, 0.15) is 5.84 Å². The molecule has 0 radical (unpaired) electrons. The zero-order chi connectivity index (χ0) is 18.2. The van der Waals surface area contributed by atoms with Gasteiger partial charge in [-0.2, -0.15) is 0 Å². The van der Waals surface area contributed by atoms with E-state index in [0.29, 0.717) is 37.2 Å². The average molecular weight is 346 g/mol. The number of carbonyl (C=O) groups is 2. The molecule has 0 unspecified atom stereocenters. The summed E-state index contributed by atoms with van der Waals surface area (Å²) in [5.41, 5.74) is 6.65. The molecule has 1 fully saturated rings. The Bertz CT molecular complexity index is 607. The first-order valence-electron chi connectivity index (χ1n) is 8.63. The van der Waals surface area contributed by atoms with Crippen molar-refractivity contribution < 1.29 is 14.3 Å². The van der Waals surface area contributed by atoms with Crippen molar-refractivity contribution in [3.63, 3.8) is 0 Å². The quantitative estimate of drug-likeness (QED) is 0.437. The minimum Gasteiger partial charge on any atom is -0.466 e. The van der Waals surface area contributed by atoms with Gasteiger partial charge in [0, 0.05) is 43.7 Å². The van der Waals surface area contributed by atoms with Crippen LogP contribution in [0.5, 0.6) is 0 Å². The number of ether oxygens (including phenoxy) is 1. The summed E-state index contributed by atoms with van der Waals surface area (Å²) in [6, 6.07) is 6.82. The van der Waals surface area contributed by atoms with Crippen LogP contribution in [0, 0.1) is 5.41 Å². The summed E-state index contributed by atoms with van der Waals surface area (Å²) in [6.45, 7) is 6.03. The zero-order valence-electron chi connectivity index (χ0n) is 14.7. The van der Waals surface area contributed by atoms with E-state index in [1.165, 1.54) is 0 Å². The lowest BCUT2D eigenvalue weighted by Crippen LogP contribution is -2.48. The molecule has 7 nitrogen and oxygen atoms in total. The fourth-order valence-corrected chi connectivity index (χ4v) is 2.83. The van der Waals surface area contributed by atoms with Gasteiger partial charge in [-0.3, -0.25) is 19.9 Å². The maximum absolute atomic E-state index is 12.5. The van der Waals surface area contributed by atoms with E-state index in [-0.39, 0.29) is 17.7 Å². The second-order valence-corrected chi connectivity index (χ2v) is 6.03. The van der Waals surface area contributed by atoms with Gasteiger partial charge in [0.25, 0.3) is 5.91 Å². The number of hydrogen-bond donors (Lipinski definition) is 2. The molecule has 7 heteroatoms. The van der Waals surface area contributed by atoms with Crippen LogP contribution >= 0.6 is 0 Å². The smallest absolute Gasteiger partial charge is 0.305 e. The first kappa shape index (κ1) is 18.9. The van der Waals surface area contributed by atoms with E-state index in [4.69, 9.17) is 15.9 Å². The minimum atomic E-state index is -0.148. The highest BCUT2D eigenvalue weighted by molar-refractivity contribution is 5.98. The van der Waals surface area contributed by atoms with Crippen molar-refractivity contribution >= 4 is 17.7 Å². The number of carbonyl (C=O) groups excluding carboxylic acids is 2. The van der Waals surface area contributed by atoms with Gasteiger partial charge >= 0.3 is 5.97 Å². The maximum Gasteiger partial charge on any atom is 0.305 e. The van der Waals surface area contributed by atoms with Crippen molar-refractivity contribution in [1.82, 2.24) is 9.80 Å². The SMILES string of the molecule is CCOC(=O)CCCN1CCN(C(=O)c2ccc(C(=N)N)cc2)CC1. The van der Waals surface area contributed by atoms with Gasteiger partial charge in [-0.25, -0.2) is 0 Å². The lowest BCUT2D eigenvalue weighted by atomic mass is 10.1. The molecular weight excluding hydrogens is 320 g/mol. The molecule has 1 heterocycles. The topological polar surface area (TPSA) is 99.7 Å². The summed E-state index contributed by atoms with van der Waals surface area (Å²) >= 11 is 0. The number of nitrogen functional groups attached to an aromatic ring is 1. The Balaban J connectivity index is 1.76. The number of amidine groups is 1. The van der Waals surface area contributed by atoms with Crippen LogP contribution in [0.3, 0.4) is 0 Å². The summed E-state index contributed by atoms with van der Waals surface area (Å²) < 4.78 is 4.92. The molecule has 3 N–H and O–H groups in total. The predicted molar refractivity (Wildman–Crippen MR) is 95.7 cm³/mol. The molecule has 0 aliphatic carbocycles. The molecule has 1 aliphatic heterocycles. The molecule has 0 bridgehead atoms. The van der Waals surface area contributed by atoms with Crippen LogP contribution in [0.25, 0.3) is 0 Å². The number of hydrogen-bond acceptors (Lipinski definition) is 5. The Morgan fingerprint density at radius 2 is 1.72 bits per heavy atom. The number of nitrogens with one attached hydrogen (secondary N) is 1. The molecule has 0 atom stereocenters. The van der Waals surface area contributed by atoms with E-state index in [2.05, 4.69) is 4.90 Å². The molecule has 1 aromatic carbocycles. The van der Waals surface area contributed by atoms with Gasteiger partial charge in [-0.15, -0.1) is 0 Å². The summed E-state index contributed by atoms with van der Waals surface area (Å²) in [5.74, 6) is -0.151. The monoisotopic (exact) mass is 346 g/mol. The van der Waals surface area contributed by atoms with E-state index in [1.54, 1.807) is 24.3 Å². The normalized spacial score (nSPS) is 15.0. The van der Waals surface area contributed by atoms with Gasteiger partial charge < -0.3 is 15.4 Å². The van der Waals surface area contributed by atoms with E-state index in [0.717, 1.165) is 26.1 Å². The van der Waals surface area contributed by atoms with Crippen molar-refractivity contribution in [2.24, 2.45) is 5.73 Å². The second-order valence-electron chi connectivity index (χ2n) is 6.03. The lowest BCUT2D eigenvalue weighted by molar-refractivity contribution is -0.143. The summed E-state index contributed by atoms with van der Waals surface area (Å²) in [6.07, 6.45) is 1.22. The fourth-order valence-electron chi connectivity index (χ4n) is 2.83. The highest BCUT2D eigenvalue weighted by atomic mass is 16.5. The van der Waals surface area contributed by atoms with Crippen molar-refractivity contribution in [1.29, 1.82) is 5.41 Å². The van der Waals surface area contributed by atoms with Crippen LogP contribution in [-0.4, -0.2) is 66.8 Å². The number of piperazine rings is 1. The highest BCUT2D eigenvalue weighted by Crippen LogP contribution is 2.11. The van der Waals surface area contributed by atoms with Crippen molar-refractivity contribution in [3.05, 3.63) is 35.4 Å². The number of nitrogens with two attached hydrogens (primary N) is 1. The summed E-state index contributed by atoms with van der Waals surface area (Å²) in [7, 11) is 0. The molecule has 0 saturated carbocycles. The molecule has 1 aromatic rings. The number of rotatable bonds is 7. The van der Waals surface area contributed by atoms with Crippen LogP contribution < -0.4 is 5.73 Å². The molecule has 0 aromatic heterocycles. The molecule has 136 valence electrons. The van der Waals surface area contributed by atoms with E-state index in [9.17, 15) is 9.59 Å². The second kappa shape index (κ2) is 9.17. The molecule has 1 amide bonds. The standard InChI is InChI=1S/C18H26N4O3/c1-2-25-16(23)4-3-9-21-10-12-22(13-11-21)18(24)15-7-5-14(6-8-15)17(19)20/h5-8H,2-4,9-13H2,1H3,(H3,19,20). The third-order valence-electron chi connectivity index (χ3n) is 4.26. The van der Waals surface area contributed by atoms with Gasteiger partial charge in [-0.1, -0.05) is 12.1 Å². The van der Waals surface area contributed by atoms with Crippen molar-refractivity contribution in [2.45, 2.75) is 19.8 Å². The van der Waals surface area contributed by atoms with Crippen molar-refractivity contribution in [3.8, 4) is 0 Å². The maximum atomic E-state index is 12.5. The van der Waals surface area contributed by atoms with Gasteiger partial charge in [0.2, 0.25) is 0 Å². The molecule has 25 heavy (non-hydrogen) atoms. The van der Waals surface area contributed by atoms with Crippen LogP contribution in [0.15, 0.2) is 24.3 Å². The average Bonchev–Trinajstić information content (AvgIpc) is 2.62. The van der Waals surface area contributed by atoms with Gasteiger partial charge in [0.15, 0.2) is 0 Å². The Hall–Kier alpha value is -2.41. The Morgan fingerprint density at radius 3 is 2.28 bits per heavy atom. The van der Waals surface area contributed by atoms with Crippen molar-refractivity contribution in [2.75, 3.05) is 39.3 Å². The molecule has 1 aliphatic rings. The van der Waals surface area contributed by atoms with Crippen LogP contribution in [0.2, 0.25) is 0 Å². The predicted octanol–water partition coefficient (Wildman–Crippen LogP) is 1.07. The number of amides is 1. The van der Waals surface area contributed by atoms with Crippen LogP contribution in [0.4, 0.5) is 0 Å². The van der Waals surface area contributed by atoms with E-state index >= 15 is 0 Å². The summed E-state index contributed by atoms with van der Waals surface area (Å²) in [5, 5.41) is 7.38. The summed E-state index contributed by atoms with van der Waals surface area (Å²) in [4.78, 5) is 28.0. The first-order chi connectivity index (χ1) is 12.0. The van der Waals surface area contributed by atoms with E-state index < -0.39 is 0 Å². The molecule has 0 spiro atoms. The van der Waals surface area contributed by atoms with Crippen LogP contribution in [-0.2, 0) is 9.53 Å². The number of esters is 1. The Kier molecular flexibility index (Phi) is 6.94. The molecule has 1 saturated heterocycles. The van der Waals surface area contributed by atoms with Crippen LogP contribution in [0.1, 0.15) is 35.7 Å².